The van der Waals surface area contributed by atoms with Crippen molar-refractivity contribution in [1.82, 2.24) is 9.47 Å². The average Bonchev–Trinajstić information content (AvgIpc) is 3.24. The van der Waals surface area contributed by atoms with E-state index in [1.54, 1.807) is 19.2 Å². The number of esters is 1. The lowest BCUT2D eigenvalue weighted by Crippen LogP contribution is -3.00. The van der Waals surface area contributed by atoms with Crippen LogP contribution in [0.15, 0.2) is 60.6 Å². The van der Waals surface area contributed by atoms with Crippen LogP contribution in [-0.4, -0.2) is 35.0 Å². The molecule has 1 saturated heterocycles. The molecule has 2 heterocycles. The second kappa shape index (κ2) is 12.4. The number of aryl methyl sites for hydroxylation is 1. The molecule has 9 heteroatoms. The summed E-state index contributed by atoms with van der Waals surface area (Å²) in [5.41, 5.74) is 4.26. The molecule has 0 bridgehead atoms. The van der Waals surface area contributed by atoms with Gasteiger partial charge < -0.3 is 38.4 Å². The molecule has 0 N–H and O–H groups in total. The molecule has 1 aliphatic rings. The number of hydrogen-bond donors (Lipinski definition) is 0. The Bertz CT molecular complexity index is 1300. The standard InChI is InChI=1S/C28H31FN3O4.HI/c1-19-16-30(17-31(19)18-36-21(3)33)26-12-7-22(15-27(26)35-4)14-24-6-5-13-32(28(24)34)20(2)23-8-10-25(29)11-9-23;/h7-12,14-17,20H,5-6,13,18H2,1-4H3;1H/q+1;/p-1/b24-14+;/t20-;/m0./s1. The largest absolute Gasteiger partial charge is 1.00 e. The van der Waals surface area contributed by atoms with E-state index >= 15 is 0 Å². The maximum Gasteiger partial charge on any atom is 0.305 e. The molecule has 4 rings (SSSR count). The fourth-order valence-electron chi connectivity index (χ4n) is 4.43. The van der Waals surface area contributed by atoms with Gasteiger partial charge in [-0.1, -0.05) is 18.2 Å². The van der Waals surface area contributed by atoms with Gasteiger partial charge in [0.05, 0.1) is 13.2 Å². The monoisotopic (exact) mass is 619 g/mol. The number of amides is 1. The minimum atomic E-state index is -0.340. The van der Waals surface area contributed by atoms with Gasteiger partial charge in [0.15, 0.2) is 11.4 Å². The Morgan fingerprint density at radius 1 is 1.22 bits per heavy atom. The van der Waals surface area contributed by atoms with Gasteiger partial charge in [-0.05, 0) is 61.2 Å². The third-order valence-electron chi connectivity index (χ3n) is 6.47. The third kappa shape index (κ3) is 6.57. The van der Waals surface area contributed by atoms with Crippen LogP contribution < -0.4 is 33.3 Å². The number of aromatic nitrogens is 2. The second-order valence-corrected chi connectivity index (χ2v) is 8.96. The van der Waals surface area contributed by atoms with Crippen LogP contribution >= 0.6 is 0 Å². The van der Waals surface area contributed by atoms with Crippen molar-refractivity contribution < 1.29 is 52.0 Å². The molecular formula is C28H31FIN3O4. The first-order valence-electron chi connectivity index (χ1n) is 11.9. The van der Waals surface area contributed by atoms with Gasteiger partial charge in [0, 0.05) is 26.0 Å². The maximum absolute atomic E-state index is 13.3. The Labute approximate surface area is 233 Å². The predicted octanol–water partition coefficient (Wildman–Crippen LogP) is 1.51. The molecule has 1 aromatic heterocycles. The van der Waals surface area contributed by atoms with Crippen LogP contribution in [0.5, 0.6) is 5.75 Å². The average molecular weight is 619 g/mol. The van der Waals surface area contributed by atoms with Crippen LogP contribution in [0.25, 0.3) is 11.8 Å². The molecule has 0 aliphatic carbocycles. The van der Waals surface area contributed by atoms with E-state index in [0.29, 0.717) is 18.7 Å². The van der Waals surface area contributed by atoms with Crippen molar-refractivity contribution in [3.05, 3.63) is 83.2 Å². The summed E-state index contributed by atoms with van der Waals surface area (Å²) in [5, 5.41) is 0. The van der Waals surface area contributed by atoms with Gasteiger partial charge in [0.2, 0.25) is 12.6 Å². The molecule has 196 valence electrons. The zero-order valence-corrected chi connectivity index (χ0v) is 23.6. The van der Waals surface area contributed by atoms with E-state index in [1.165, 1.54) is 19.1 Å². The van der Waals surface area contributed by atoms with Crippen molar-refractivity contribution in [2.75, 3.05) is 13.7 Å². The number of halogens is 2. The van der Waals surface area contributed by atoms with Crippen molar-refractivity contribution in [3.63, 3.8) is 0 Å². The maximum atomic E-state index is 13.3. The molecule has 3 aromatic rings. The number of rotatable bonds is 7. The van der Waals surface area contributed by atoms with Crippen molar-refractivity contribution in [1.29, 1.82) is 0 Å². The first-order chi connectivity index (χ1) is 17.3. The molecule has 1 fully saturated rings. The number of hydrogen-bond acceptors (Lipinski definition) is 4. The molecule has 37 heavy (non-hydrogen) atoms. The Kier molecular flexibility index (Phi) is 9.47. The number of imidazole rings is 1. The molecule has 0 saturated carbocycles. The van der Waals surface area contributed by atoms with Crippen molar-refractivity contribution in [2.45, 2.75) is 46.4 Å². The fourth-order valence-corrected chi connectivity index (χ4v) is 4.43. The number of carbonyl (C=O) groups is 2. The lowest BCUT2D eigenvalue weighted by atomic mass is 9.97. The van der Waals surface area contributed by atoms with Gasteiger partial charge >= 0.3 is 5.97 Å². The summed E-state index contributed by atoms with van der Waals surface area (Å²) in [5.74, 6) is 0.0168. The van der Waals surface area contributed by atoms with Crippen LogP contribution in [0.2, 0.25) is 0 Å². The highest BCUT2D eigenvalue weighted by atomic mass is 127. The molecule has 1 atom stereocenters. The Hall–Kier alpha value is -3.21. The summed E-state index contributed by atoms with van der Waals surface area (Å²) in [6.07, 6.45) is 7.25. The topological polar surface area (TPSA) is 64.7 Å². The summed E-state index contributed by atoms with van der Waals surface area (Å²) in [7, 11) is 1.61. The van der Waals surface area contributed by atoms with E-state index in [4.69, 9.17) is 9.47 Å². The summed E-state index contributed by atoms with van der Waals surface area (Å²) >= 11 is 0. The van der Waals surface area contributed by atoms with E-state index in [-0.39, 0.29) is 54.4 Å². The highest BCUT2D eigenvalue weighted by Crippen LogP contribution is 2.30. The highest BCUT2D eigenvalue weighted by molar-refractivity contribution is 5.98. The third-order valence-corrected chi connectivity index (χ3v) is 6.47. The molecular weight excluding hydrogens is 588 g/mol. The van der Waals surface area contributed by atoms with E-state index in [2.05, 4.69) is 0 Å². The van der Waals surface area contributed by atoms with Crippen molar-refractivity contribution >= 4 is 18.0 Å². The molecule has 7 nitrogen and oxygen atoms in total. The van der Waals surface area contributed by atoms with Crippen LogP contribution in [0.4, 0.5) is 4.39 Å². The van der Waals surface area contributed by atoms with E-state index in [1.807, 2.05) is 64.7 Å². The van der Waals surface area contributed by atoms with Gasteiger partial charge in [-0.15, -0.1) is 0 Å². The van der Waals surface area contributed by atoms with Gasteiger partial charge in [-0.2, -0.15) is 9.13 Å². The van der Waals surface area contributed by atoms with Crippen molar-refractivity contribution in [3.8, 4) is 11.4 Å². The number of ether oxygens (including phenoxy) is 2. The van der Waals surface area contributed by atoms with Gasteiger partial charge in [0.1, 0.15) is 17.7 Å². The molecule has 0 spiro atoms. The minimum Gasteiger partial charge on any atom is -1.00 e. The van der Waals surface area contributed by atoms with Gasteiger partial charge in [-0.25, -0.2) is 4.39 Å². The van der Waals surface area contributed by atoms with Crippen LogP contribution in [0.3, 0.4) is 0 Å². The van der Waals surface area contributed by atoms with Crippen LogP contribution in [0.1, 0.15) is 49.6 Å². The van der Waals surface area contributed by atoms with Crippen molar-refractivity contribution in [2.24, 2.45) is 0 Å². The number of likely N-dealkylation sites (tertiary alicyclic amines) is 1. The Balaban J connectivity index is 0.00000380. The molecule has 1 aliphatic heterocycles. The predicted molar refractivity (Wildman–Crippen MR) is 133 cm³/mol. The van der Waals surface area contributed by atoms with Gasteiger partial charge in [-0.3, -0.25) is 9.59 Å². The van der Waals surface area contributed by atoms with E-state index < -0.39 is 0 Å². The zero-order valence-electron chi connectivity index (χ0n) is 21.4. The number of nitrogens with zero attached hydrogens (tertiary/aromatic N) is 3. The SMILES string of the molecule is COc1cc(/C=C2\CCCN([C@@H](C)c3ccc(F)cc3)C2=O)ccc1-[n+]1cc(C)n(COC(C)=O)c1.[I-]. The summed E-state index contributed by atoms with van der Waals surface area (Å²) < 4.78 is 27.8. The minimum absolute atomic E-state index is 0. The molecule has 1 amide bonds. The quantitative estimate of drug-likeness (QED) is 0.174. The lowest BCUT2D eigenvalue weighted by molar-refractivity contribution is -0.596. The second-order valence-electron chi connectivity index (χ2n) is 8.96. The molecule has 2 aromatic carbocycles. The zero-order chi connectivity index (χ0) is 25.8. The first-order valence-corrected chi connectivity index (χ1v) is 11.9. The summed E-state index contributed by atoms with van der Waals surface area (Å²) in [6, 6.07) is 12.0. The van der Waals surface area contributed by atoms with E-state index in [9.17, 15) is 14.0 Å². The molecule has 0 unspecified atom stereocenters. The Morgan fingerprint density at radius 3 is 2.62 bits per heavy atom. The highest BCUT2D eigenvalue weighted by Gasteiger charge is 2.28. The van der Waals surface area contributed by atoms with E-state index in [0.717, 1.165) is 34.5 Å². The first kappa shape index (κ1) is 28.4. The van der Waals surface area contributed by atoms with Crippen LogP contribution in [0, 0.1) is 12.7 Å². The smallest absolute Gasteiger partial charge is 0.305 e. The Morgan fingerprint density at radius 2 is 1.95 bits per heavy atom. The van der Waals surface area contributed by atoms with Gasteiger partial charge in [0.25, 0.3) is 6.33 Å². The summed E-state index contributed by atoms with van der Waals surface area (Å²) in [4.78, 5) is 26.3. The normalized spacial score (nSPS) is 15.3. The number of methoxy groups -OCH3 is 1. The number of piperidine rings is 1. The number of benzene rings is 2. The number of carbonyl (C=O) groups excluding carboxylic acids is 2. The fraction of sp³-hybridized carbons (Fsp3) is 0.321. The van der Waals surface area contributed by atoms with Crippen LogP contribution in [-0.2, 0) is 21.1 Å². The summed E-state index contributed by atoms with van der Waals surface area (Å²) in [6.45, 7) is 6.08. The molecule has 0 radical (unpaired) electrons. The lowest BCUT2D eigenvalue weighted by Gasteiger charge is -2.34.